The number of aromatic nitrogens is 2. The average molecular weight is 390 g/mol. The molecule has 3 heterocycles. The minimum Gasteiger partial charge on any atom is -0.389 e. The Bertz CT molecular complexity index is 752. The summed E-state index contributed by atoms with van der Waals surface area (Å²) in [5.74, 6) is 0.348. The Labute approximate surface area is 155 Å². The number of anilines is 2. The topological polar surface area (TPSA) is 70.8 Å². The van der Waals surface area contributed by atoms with Gasteiger partial charge in [-0.15, -0.1) is 0 Å². The first-order valence-corrected chi connectivity index (χ1v) is 8.99. The molecule has 0 radical (unpaired) electrons. The van der Waals surface area contributed by atoms with Crippen LogP contribution in [0.15, 0.2) is 4.79 Å². The number of morpholine rings is 1. The molecule has 0 saturated carbocycles. The number of ether oxygens (including phenoxy) is 1. The van der Waals surface area contributed by atoms with Crippen LogP contribution < -0.4 is 15.4 Å². The summed E-state index contributed by atoms with van der Waals surface area (Å²) in [7, 11) is 0. The molecule has 27 heavy (non-hydrogen) atoms. The fourth-order valence-corrected chi connectivity index (χ4v) is 3.62. The first-order valence-electron chi connectivity index (χ1n) is 8.99. The molecule has 1 atom stereocenters. The fourth-order valence-electron chi connectivity index (χ4n) is 3.62. The van der Waals surface area contributed by atoms with Gasteiger partial charge in [0.05, 0.1) is 24.4 Å². The molecule has 1 fully saturated rings. The lowest BCUT2D eigenvalue weighted by atomic mass is 10.0. The molecule has 152 valence electrons. The Morgan fingerprint density at radius 1 is 1.22 bits per heavy atom. The molecule has 0 aromatic carbocycles. The van der Waals surface area contributed by atoms with E-state index in [1.165, 1.54) is 18.4 Å². The van der Waals surface area contributed by atoms with E-state index in [0.29, 0.717) is 37.7 Å². The van der Waals surface area contributed by atoms with Crippen LogP contribution >= 0.6 is 0 Å². The lowest BCUT2D eigenvalue weighted by Gasteiger charge is -2.42. The average Bonchev–Trinajstić information content (AvgIpc) is 2.56. The zero-order valence-corrected chi connectivity index (χ0v) is 15.7. The highest BCUT2D eigenvalue weighted by atomic mass is 19.4. The van der Waals surface area contributed by atoms with Crippen molar-refractivity contribution in [3.8, 4) is 0 Å². The standard InChI is InChI=1S/C17H25F3N4O3/c1-11-13(22-6-8-27-9-7-22)21-15-23(14(11)25)5-4-12(17(18,19)20)24(15)10-16(2,3)26/h12,26H,4-10H2,1-3H3/t12-/m0/s1. The molecule has 0 amide bonds. The van der Waals surface area contributed by atoms with Gasteiger partial charge in [0, 0.05) is 26.2 Å². The number of hydrogen-bond acceptors (Lipinski definition) is 6. The molecule has 1 aromatic heterocycles. The monoisotopic (exact) mass is 390 g/mol. The summed E-state index contributed by atoms with van der Waals surface area (Å²) < 4.78 is 47.5. The van der Waals surface area contributed by atoms with Gasteiger partial charge in [0.1, 0.15) is 11.9 Å². The first kappa shape index (κ1) is 19.9. The molecule has 0 spiro atoms. The van der Waals surface area contributed by atoms with Crippen LogP contribution in [0.4, 0.5) is 24.9 Å². The van der Waals surface area contributed by atoms with E-state index >= 15 is 0 Å². The van der Waals surface area contributed by atoms with Gasteiger partial charge in [0.25, 0.3) is 5.56 Å². The van der Waals surface area contributed by atoms with Crippen LogP contribution in [0.3, 0.4) is 0 Å². The summed E-state index contributed by atoms with van der Waals surface area (Å²) in [6.45, 7) is 6.16. The molecule has 10 heteroatoms. The predicted molar refractivity (Wildman–Crippen MR) is 94.4 cm³/mol. The summed E-state index contributed by atoms with van der Waals surface area (Å²) in [5.41, 5.74) is -1.31. The van der Waals surface area contributed by atoms with Crippen molar-refractivity contribution in [3.05, 3.63) is 15.9 Å². The summed E-state index contributed by atoms with van der Waals surface area (Å²) >= 11 is 0. The lowest BCUT2D eigenvalue weighted by molar-refractivity contribution is -0.154. The van der Waals surface area contributed by atoms with Gasteiger partial charge in [-0.25, -0.2) is 0 Å². The van der Waals surface area contributed by atoms with Crippen molar-refractivity contribution in [2.45, 2.75) is 51.6 Å². The van der Waals surface area contributed by atoms with Crippen molar-refractivity contribution in [3.63, 3.8) is 0 Å². The van der Waals surface area contributed by atoms with Gasteiger partial charge in [-0.3, -0.25) is 9.36 Å². The van der Waals surface area contributed by atoms with E-state index < -0.39 is 17.8 Å². The number of halogens is 3. The maximum Gasteiger partial charge on any atom is 0.408 e. The number of aliphatic hydroxyl groups is 1. The SMILES string of the molecule is Cc1c(N2CCOCC2)nc2n(c1=O)CC[C@@H](C(F)(F)F)N2CC(C)(C)O. The van der Waals surface area contributed by atoms with Crippen LogP contribution in [-0.4, -0.2) is 65.3 Å². The predicted octanol–water partition coefficient (Wildman–Crippen LogP) is 1.30. The molecule has 2 aliphatic rings. The molecule has 2 aliphatic heterocycles. The van der Waals surface area contributed by atoms with Crippen molar-refractivity contribution >= 4 is 11.8 Å². The van der Waals surface area contributed by atoms with Crippen molar-refractivity contribution in [2.75, 3.05) is 42.6 Å². The van der Waals surface area contributed by atoms with Gasteiger partial charge in [0.15, 0.2) is 0 Å². The van der Waals surface area contributed by atoms with Crippen molar-refractivity contribution < 1.29 is 23.0 Å². The van der Waals surface area contributed by atoms with E-state index in [9.17, 15) is 23.1 Å². The molecule has 7 nitrogen and oxygen atoms in total. The Kier molecular flexibility index (Phi) is 5.15. The summed E-state index contributed by atoms with van der Waals surface area (Å²) in [6.07, 6.45) is -4.75. The van der Waals surface area contributed by atoms with Crippen LogP contribution in [0, 0.1) is 6.92 Å². The molecule has 0 aliphatic carbocycles. The molecule has 3 rings (SSSR count). The van der Waals surface area contributed by atoms with Crippen molar-refractivity contribution in [1.29, 1.82) is 0 Å². The van der Waals surface area contributed by atoms with Gasteiger partial charge in [-0.05, 0) is 27.2 Å². The molecule has 1 aromatic rings. The van der Waals surface area contributed by atoms with E-state index in [-0.39, 0.29) is 31.0 Å². The minimum absolute atomic E-state index is 0.0391. The molecule has 1 saturated heterocycles. The van der Waals surface area contributed by atoms with Crippen LogP contribution in [-0.2, 0) is 11.3 Å². The highest BCUT2D eigenvalue weighted by Crippen LogP contribution is 2.35. The number of fused-ring (bicyclic) bond motifs is 1. The Balaban J connectivity index is 2.12. The quantitative estimate of drug-likeness (QED) is 0.839. The third kappa shape index (κ3) is 4.06. The van der Waals surface area contributed by atoms with Crippen molar-refractivity contribution in [1.82, 2.24) is 9.55 Å². The largest absolute Gasteiger partial charge is 0.408 e. The number of nitrogens with zero attached hydrogens (tertiary/aromatic N) is 4. The van der Waals surface area contributed by atoms with E-state index in [4.69, 9.17) is 4.74 Å². The normalized spacial score (nSPS) is 21.4. The van der Waals surface area contributed by atoms with Gasteiger partial charge >= 0.3 is 6.18 Å². The highest BCUT2D eigenvalue weighted by Gasteiger charge is 2.48. The van der Waals surface area contributed by atoms with E-state index in [1.807, 2.05) is 4.90 Å². The second-order valence-electron chi connectivity index (χ2n) is 7.70. The zero-order chi connectivity index (χ0) is 20.0. The third-order valence-corrected chi connectivity index (χ3v) is 4.85. The van der Waals surface area contributed by atoms with E-state index in [0.717, 1.165) is 4.90 Å². The lowest BCUT2D eigenvalue weighted by Crippen LogP contribution is -2.56. The van der Waals surface area contributed by atoms with E-state index in [1.54, 1.807) is 6.92 Å². The number of rotatable bonds is 3. The van der Waals surface area contributed by atoms with Crippen LogP contribution in [0.1, 0.15) is 25.8 Å². The molecular weight excluding hydrogens is 365 g/mol. The van der Waals surface area contributed by atoms with Crippen molar-refractivity contribution in [2.24, 2.45) is 0 Å². The minimum atomic E-state index is -4.49. The Hall–Kier alpha value is -1.81. The van der Waals surface area contributed by atoms with Gasteiger partial charge in [-0.2, -0.15) is 18.2 Å². The van der Waals surface area contributed by atoms with Gasteiger partial charge < -0.3 is 19.6 Å². The van der Waals surface area contributed by atoms with Crippen LogP contribution in [0.5, 0.6) is 0 Å². The second kappa shape index (κ2) is 6.97. The summed E-state index contributed by atoms with van der Waals surface area (Å²) in [5, 5.41) is 10.2. The highest BCUT2D eigenvalue weighted by molar-refractivity contribution is 5.52. The molecule has 0 unspecified atom stereocenters. The van der Waals surface area contributed by atoms with Gasteiger partial charge in [-0.1, -0.05) is 0 Å². The maximum absolute atomic E-state index is 13.6. The smallest absolute Gasteiger partial charge is 0.389 e. The molecular formula is C17H25F3N4O3. The van der Waals surface area contributed by atoms with E-state index in [2.05, 4.69) is 4.98 Å². The molecule has 0 bridgehead atoms. The zero-order valence-electron chi connectivity index (χ0n) is 15.7. The van der Waals surface area contributed by atoms with Crippen LogP contribution in [0.2, 0.25) is 0 Å². The first-order chi connectivity index (χ1) is 12.5. The Morgan fingerprint density at radius 2 is 1.85 bits per heavy atom. The van der Waals surface area contributed by atoms with Crippen LogP contribution in [0.25, 0.3) is 0 Å². The number of β-amino-alcohol motifs (C(OH)–C–C–N with tert-alkyl or cyclic N) is 1. The summed E-state index contributed by atoms with van der Waals surface area (Å²) in [6, 6.07) is -1.80. The molecule has 1 N–H and O–H groups in total. The number of alkyl halides is 3. The third-order valence-electron chi connectivity index (χ3n) is 4.85. The second-order valence-corrected chi connectivity index (χ2v) is 7.70. The summed E-state index contributed by atoms with van der Waals surface area (Å²) in [4.78, 5) is 20.2. The van der Waals surface area contributed by atoms with Gasteiger partial charge in [0.2, 0.25) is 5.95 Å². The fraction of sp³-hybridized carbons (Fsp3) is 0.765. The Morgan fingerprint density at radius 3 is 2.41 bits per heavy atom. The number of hydrogen-bond donors (Lipinski definition) is 1. The maximum atomic E-state index is 13.6.